The maximum Gasteiger partial charge on any atom is 0.283 e. The van der Waals surface area contributed by atoms with Crippen LogP contribution in [0.1, 0.15) is 31.0 Å². The number of nitrogens with zero attached hydrogens (tertiary/aromatic N) is 5. The molecule has 2 heterocycles. The molecule has 1 fully saturated rings. The number of carbonyl (C=O) groups excluding carboxylic acids is 1. The van der Waals surface area contributed by atoms with Gasteiger partial charge < -0.3 is 9.80 Å². The summed E-state index contributed by atoms with van der Waals surface area (Å²) in [5.41, 5.74) is -0.505. The molecule has 1 aromatic heterocycles. The van der Waals surface area contributed by atoms with E-state index < -0.39 is 22.0 Å². The van der Waals surface area contributed by atoms with Gasteiger partial charge in [0, 0.05) is 39.4 Å². The Labute approximate surface area is 173 Å². The van der Waals surface area contributed by atoms with Crippen molar-refractivity contribution >= 4 is 21.6 Å². The largest absolute Gasteiger partial charge is 0.354 e. The molecule has 0 bridgehead atoms. The first kappa shape index (κ1) is 21.7. The predicted molar refractivity (Wildman–Crippen MR) is 105 cm³/mol. The van der Waals surface area contributed by atoms with Crippen molar-refractivity contribution in [3.05, 3.63) is 35.5 Å². The lowest BCUT2D eigenvalue weighted by Gasteiger charge is -2.24. The molecule has 3 rings (SSSR count). The van der Waals surface area contributed by atoms with Crippen molar-refractivity contribution in [2.45, 2.75) is 24.7 Å². The van der Waals surface area contributed by atoms with Gasteiger partial charge in [-0.05, 0) is 30.7 Å². The van der Waals surface area contributed by atoms with E-state index in [0.29, 0.717) is 38.3 Å². The molecule has 30 heavy (non-hydrogen) atoms. The van der Waals surface area contributed by atoms with Crippen molar-refractivity contribution < 1.29 is 22.0 Å². The number of sulfone groups is 1. The lowest BCUT2D eigenvalue weighted by molar-refractivity contribution is -0.128. The molecule has 8 nitrogen and oxygen atoms in total. The van der Waals surface area contributed by atoms with E-state index >= 15 is 0 Å². The van der Waals surface area contributed by atoms with Gasteiger partial charge >= 0.3 is 0 Å². The number of rotatable bonds is 4. The van der Waals surface area contributed by atoms with Gasteiger partial charge in [-0.3, -0.25) is 4.79 Å². The third-order valence-electron chi connectivity index (χ3n) is 4.96. The minimum atomic E-state index is -3.42. The van der Waals surface area contributed by atoms with Gasteiger partial charge in [0.15, 0.2) is 15.7 Å². The van der Waals surface area contributed by atoms with Gasteiger partial charge in [-0.15, -0.1) is 0 Å². The summed E-state index contributed by atoms with van der Waals surface area (Å²) < 4.78 is 51.8. The number of alkyl halides is 2. The zero-order valence-electron chi connectivity index (χ0n) is 16.5. The molecule has 0 N–H and O–H groups in total. The molecule has 1 amide bonds. The summed E-state index contributed by atoms with van der Waals surface area (Å²) in [6.45, 7) is 3.20. The minimum absolute atomic E-state index is 0.0736. The van der Waals surface area contributed by atoms with Gasteiger partial charge in [0.2, 0.25) is 5.91 Å². The van der Waals surface area contributed by atoms with E-state index in [1.54, 1.807) is 9.80 Å². The van der Waals surface area contributed by atoms with Crippen LogP contribution in [0.3, 0.4) is 0 Å². The molecule has 160 valence electrons. The molecule has 1 aromatic carbocycles. The molecule has 1 aliphatic heterocycles. The first-order valence-corrected chi connectivity index (χ1v) is 11.1. The number of benzene rings is 1. The first-order chi connectivity index (χ1) is 14.1. The summed E-state index contributed by atoms with van der Waals surface area (Å²) in [6, 6.07) is 7.49. The van der Waals surface area contributed by atoms with Crippen molar-refractivity contribution in [2.75, 3.05) is 37.3 Å². The van der Waals surface area contributed by atoms with Crippen LogP contribution in [0.5, 0.6) is 0 Å². The molecular weight excluding hydrogens is 416 g/mol. The molecule has 0 aliphatic carbocycles. The van der Waals surface area contributed by atoms with Gasteiger partial charge in [0.25, 0.3) is 6.43 Å². The Bertz CT molecular complexity index is 1090. The number of nitriles is 1. The average molecular weight is 437 g/mol. The Kier molecular flexibility index (Phi) is 6.07. The highest BCUT2D eigenvalue weighted by molar-refractivity contribution is 7.90. The normalized spacial score (nSPS) is 15.2. The van der Waals surface area contributed by atoms with Crippen LogP contribution in [-0.4, -0.2) is 61.4 Å². The fraction of sp³-hybridized carbons (Fsp3) is 0.421. The van der Waals surface area contributed by atoms with E-state index in [0.717, 1.165) is 6.26 Å². The van der Waals surface area contributed by atoms with E-state index in [1.165, 1.54) is 35.9 Å². The molecule has 1 saturated heterocycles. The molecule has 0 radical (unpaired) electrons. The van der Waals surface area contributed by atoms with Crippen molar-refractivity contribution in [3.63, 3.8) is 0 Å². The number of hydrogen-bond donors (Lipinski definition) is 0. The number of hydrogen-bond acceptors (Lipinski definition) is 6. The molecule has 0 unspecified atom stereocenters. The Hall–Kier alpha value is -3.00. The average Bonchev–Trinajstić information content (AvgIpc) is 2.90. The van der Waals surface area contributed by atoms with Crippen molar-refractivity contribution in [1.29, 1.82) is 5.26 Å². The van der Waals surface area contributed by atoms with E-state index in [-0.39, 0.29) is 22.2 Å². The van der Waals surface area contributed by atoms with Crippen LogP contribution < -0.4 is 4.90 Å². The van der Waals surface area contributed by atoms with E-state index in [2.05, 4.69) is 5.10 Å². The smallest absolute Gasteiger partial charge is 0.283 e. The maximum atomic E-state index is 13.6. The number of carbonyl (C=O) groups is 1. The highest BCUT2D eigenvalue weighted by Gasteiger charge is 2.29. The minimum Gasteiger partial charge on any atom is -0.354 e. The Morgan fingerprint density at radius 1 is 1.17 bits per heavy atom. The van der Waals surface area contributed by atoms with Gasteiger partial charge in [0.1, 0.15) is 17.3 Å². The topological polar surface area (TPSA) is 99.3 Å². The van der Waals surface area contributed by atoms with Crippen LogP contribution in [0.15, 0.2) is 29.2 Å². The van der Waals surface area contributed by atoms with Crippen molar-refractivity contribution in [1.82, 2.24) is 14.7 Å². The fourth-order valence-electron chi connectivity index (χ4n) is 3.44. The summed E-state index contributed by atoms with van der Waals surface area (Å²) in [5, 5.41) is 13.6. The number of aromatic nitrogens is 2. The highest BCUT2D eigenvalue weighted by Crippen LogP contribution is 2.33. The molecule has 1 aliphatic rings. The molecule has 0 atom stereocenters. The van der Waals surface area contributed by atoms with Crippen LogP contribution >= 0.6 is 0 Å². The summed E-state index contributed by atoms with van der Waals surface area (Å²) in [7, 11) is -3.42. The molecular formula is C19H21F2N5O3S. The number of amides is 1. The molecule has 11 heteroatoms. The lowest BCUT2D eigenvalue weighted by atomic mass is 10.2. The second kappa shape index (κ2) is 8.39. The summed E-state index contributed by atoms with van der Waals surface area (Å²) in [6.07, 6.45) is -1.27. The first-order valence-electron chi connectivity index (χ1n) is 9.25. The number of halogens is 2. The molecule has 0 spiro atoms. The van der Waals surface area contributed by atoms with Gasteiger partial charge in [0.05, 0.1) is 10.6 Å². The highest BCUT2D eigenvalue weighted by atomic mass is 32.2. The van der Waals surface area contributed by atoms with Crippen LogP contribution in [0.4, 0.5) is 14.6 Å². The second-order valence-electron chi connectivity index (χ2n) is 7.02. The quantitative estimate of drug-likeness (QED) is 0.727. The SMILES string of the molecule is CC(=O)N1CCCN(c2c(C#N)c(C(F)F)nn2-c2ccc(S(C)(=O)=O)cc2)CC1. The Morgan fingerprint density at radius 2 is 1.83 bits per heavy atom. The Balaban J connectivity index is 2.10. The van der Waals surface area contributed by atoms with E-state index in [9.17, 15) is 27.3 Å². The van der Waals surface area contributed by atoms with Crippen molar-refractivity contribution in [2.24, 2.45) is 0 Å². The van der Waals surface area contributed by atoms with Gasteiger partial charge in [-0.2, -0.15) is 10.4 Å². The third kappa shape index (κ3) is 4.28. The van der Waals surface area contributed by atoms with Gasteiger partial charge in [-0.25, -0.2) is 21.9 Å². The van der Waals surface area contributed by atoms with Gasteiger partial charge in [-0.1, -0.05) is 0 Å². The zero-order valence-corrected chi connectivity index (χ0v) is 17.4. The van der Waals surface area contributed by atoms with Crippen LogP contribution in [0, 0.1) is 11.3 Å². The van der Waals surface area contributed by atoms with Crippen molar-refractivity contribution in [3.8, 4) is 11.8 Å². The predicted octanol–water partition coefficient (Wildman–Crippen LogP) is 2.14. The Morgan fingerprint density at radius 3 is 2.37 bits per heavy atom. The monoisotopic (exact) mass is 437 g/mol. The van der Waals surface area contributed by atoms with E-state index in [1.807, 2.05) is 6.07 Å². The fourth-order valence-corrected chi connectivity index (χ4v) is 4.07. The second-order valence-corrected chi connectivity index (χ2v) is 9.04. The number of anilines is 1. The third-order valence-corrected chi connectivity index (χ3v) is 6.09. The summed E-state index contributed by atoms with van der Waals surface area (Å²) in [5.74, 6) is 0.140. The zero-order chi connectivity index (χ0) is 22.1. The summed E-state index contributed by atoms with van der Waals surface area (Å²) >= 11 is 0. The maximum absolute atomic E-state index is 13.6. The summed E-state index contributed by atoms with van der Waals surface area (Å²) in [4.78, 5) is 15.2. The lowest BCUT2D eigenvalue weighted by Crippen LogP contribution is -2.34. The standard InChI is InChI=1S/C19H21F2N5O3S/c1-13(27)24-8-3-9-25(11-10-24)19-16(12-22)17(18(20)21)23-26(19)14-4-6-15(7-5-14)30(2,28)29/h4-7,18H,3,8-11H2,1-2H3. The van der Waals surface area contributed by atoms with E-state index in [4.69, 9.17) is 0 Å². The van der Waals surface area contributed by atoms with Crippen LogP contribution in [-0.2, 0) is 14.6 Å². The molecule has 0 saturated carbocycles. The van der Waals surface area contributed by atoms with Crippen LogP contribution in [0.25, 0.3) is 5.69 Å². The van der Waals surface area contributed by atoms with Crippen LogP contribution in [0.2, 0.25) is 0 Å². The molecule has 2 aromatic rings.